The van der Waals surface area contributed by atoms with Crippen molar-refractivity contribution in [3.8, 4) is 0 Å². The maximum Gasteiger partial charge on any atom is 0.159 e. The molecule has 1 rings (SSSR count). The number of hydrogen-bond donors (Lipinski definition) is 1. The van der Waals surface area contributed by atoms with Crippen LogP contribution in [0.5, 0.6) is 0 Å². The smallest absolute Gasteiger partial charge is 0.159 e. The van der Waals surface area contributed by atoms with Gasteiger partial charge in [0.05, 0.1) is 0 Å². The summed E-state index contributed by atoms with van der Waals surface area (Å²) in [5, 5.41) is 2.81. The Labute approximate surface area is 64.0 Å². The number of halogens is 2. The van der Waals surface area contributed by atoms with Crippen LogP contribution in [0.3, 0.4) is 0 Å². The van der Waals surface area contributed by atoms with Gasteiger partial charge in [-0.25, -0.2) is 8.78 Å². The highest BCUT2D eigenvalue weighted by Gasteiger charge is 2.00. The van der Waals surface area contributed by atoms with Crippen molar-refractivity contribution < 1.29 is 8.78 Å². The molecule has 0 spiro atoms. The zero-order chi connectivity index (χ0) is 8.27. The minimum Gasteiger partial charge on any atom is -0.316 e. The predicted octanol–water partition coefficient (Wildman–Crippen LogP) is 1.48. The Bertz CT molecular complexity index is 248. The van der Waals surface area contributed by atoms with Crippen molar-refractivity contribution in [3.05, 3.63) is 35.4 Å². The third-order valence-electron chi connectivity index (χ3n) is 1.28. The molecule has 0 saturated heterocycles. The van der Waals surface area contributed by atoms with Crippen LogP contribution in [-0.2, 0) is 6.54 Å². The summed E-state index contributed by atoms with van der Waals surface area (Å²) in [6.07, 6.45) is 0. The van der Waals surface area contributed by atoms with Gasteiger partial charge in [0.15, 0.2) is 11.6 Å². The topological polar surface area (TPSA) is 12.0 Å². The van der Waals surface area contributed by atoms with Gasteiger partial charge in [0.2, 0.25) is 0 Å². The molecule has 0 heterocycles. The second kappa shape index (κ2) is 3.44. The zero-order valence-electron chi connectivity index (χ0n) is 6.12. The van der Waals surface area contributed by atoms with Gasteiger partial charge in [-0.3, -0.25) is 0 Å². The van der Waals surface area contributed by atoms with E-state index in [9.17, 15) is 8.78 Å². The van der Waals surface area contributed by atoms with Gasteiger partial charge < -0.3 is 5.32 Å². The SMILES string of the molecule is CNCc1[c]cc(F)c(F)c1. The van der Waals surface area contributed by atoms with Crippen LogP contribution in [-0.4, -0.2) is 7.05 Å². The van der Waals surface area contributed by atoms with Crippen molar-refractivity contribution in [1.82, 2.24) is 5.32 Å². The molecule has 0 aliphatic rings. The predicted molar refractivity (Wildman–Crippen MR) is 38.0 cm³/mol. The normalized spacial score (nSPS) is 10.1. The first-order valence-electron chi connectivity index (χ1n) is 3.24. The minimum absolute atomic E-state index is 0.497. The van der Waals surface area contributed by atoms with Gasteiger partial charge in [0, 0.05) is 6.54 Å². The highest BCUT2D eigenvalue weighted by molar-refractivity contribution is 5.15. The number of nitrogens with one attached hydrogen (secondary N) is 1. The maximum absolute atomic E-state index is 12.5. The molecule has 0 bridgehead atoms. The fraction of sp³-hybridized carbons (Fsp3) is 0.250. The molecule has 1 aromatic carbocycles. The fourth-order valence-corrected chi connectivity index (χ4v) is 0.781. The second-order valence-electron chi connectivity index (χ2n) is 2.18. The summed E-state index contributed by atoms with van der Waals surface area (Å²) in [5.41, 5.74) is 0.617. The number of rotatable bonds is 2. The fourth-order valence-electron chi connectivity index (χ4n) is 0.781. The molecule has 0 unspecified atom stereocenters. The lowest BCUT2D eigenvalue weighted by atomic mass is 10.2. The van der Waals surface area contributed by atoms with Gasteiger partial charge in [-0.15, -0.1) is 0 Å². The van der Waals surface area contributed by atoms with E-state index in [1.54, 1.807) is 7.05 Å². The Morgan fingerprint density at radius 2 is 2.18 bits per heavy atom. The molecule has 0 aliphatic heterocycles. The van der Waals surface area contributed by atoms with E-state index in [-0.39, 0.29) is 0 Å². The first-order chi connectivity index (χ1) is 5.24. The molecule has 0 saturated carbocycles. The molecule has 1 radical (unpaired) electrons. The highest BCUT2D eigenvalue weighted by atomic mass is 19.2. The Morgan fingerprint density at radius 3 is 2.73 bits per heavy atom. The Balaban J connectivity index is 2.86. The van der Waals surface area contributed by atoms with Crippen LogP contribution in [0.25, 0.3) is 0 Å². The van der Waals surface area contributed by atoms with Crippen LogP contribution in [0.15, 0.2) is 12.1 Å². The largest absolute Gasteiger partial charge is 0.316 e. The van der Waals surface area contributed by atoms with E-state index >= 15 is 0 Å². The van der Waals surface area contributed by atoms with Crippen molar-refractivity contribution in [2.45, 2.75) is 6.54 Å². The number of hydrogen-bond acceptors (Lipinski definition) is 1. The molecule has 0 atom stereocenters. The first kappa shape index (κ1) is 8.14. The third kappa shape index (κ3) is 1.98. The molecule has 0 aromatic heterocycles. The monoisotopic (exact) mass is 156 g/mol. The summed E-state index contributed by atoms with van der Waals surface area (Å²) in [7, 11) is 1.73. The maximum atomic E-state index is 12.5. The van der Waals surface area contributed by atoms with E-state index in [2.05, 4.69) is 11.4 Å². The molecular formula is C8H8F2N. The van der Waals surface area contributed by atoms with E-state index in [0.29, 0.717) is 12.1 Å². The summed E-state index contributed by atoms with van der Waals surface area (Å²) in [6.45, 7) is 0.497. The minimum atomic E-state index is -0.857. The molecule has 1 nitrogen and oxygen atoms in total. The van der Waals surface area contributed by atoms with Crippen LogP contribution < -0.4 is 5.32 Å². The van der Waals surface area contributed by atoms with Crippen molar-refractivity contribution in [2.24, 2.45) is 0 Å². The molecule has 0 aliphatic carbocycles. The van der Waals surface area contributed by atoms with Gasteiger partial charge in [-0.1, -0.05) is 0 Å². The van der Waals surface area contributed by atoms with Crippen LogP contribution >= 0.6 is 0 Å². The summed E-state index contributed by atoms with van der Waals surface area (Å²) in [5.74, 6) is -1.68. The molecule has 1 N–H and O–H groups in total. The lowest BCUT2D eigenvalue weighted by Crippen LogP contribution is -2.05. The molecule has 0 fully saturated rings. The lowest BCUT2D eigenvalue weighted by molar-refractivity contribution is 0.506. The average molecular weight is 156 g/mol. The molecule has 0 amide bonds. The average Bonchev–Trinajstić information content (AvgIpc) is 1.98. The molecule has 11 heavy (non-hydrogen) atoms. The Kier molecular flexibility index (Phi) is 2.54. The molecular weight excluding hydrogens is 148 g/mol. The van der Waals surface area contributed by atoms with Crippen molar-refractivity contribution in [2.75, 3.05) is 7.05 Å². The van der Waals surface area contributed by atoms with Crippen molar-refractivity contribution in [1.29, 1.82) is 0 Å². The number of benzene rings is 1. The summed E-state index contributed by atoms with van der Waals surface area (Å²) >= 11 is 0. The lowest BCUT2D eigenvalue weighted by Gasteiger charge is -1.98. The van der Waals surface area contributed by atoms with Gasteiger partial charge >= 0.3 is 0 Å². The van der Waals surface area contributed by atoms with Gasteiger partial charge in [-0.2, -0.15) is 0 Å². The van der Waals surface area contributed by atoms with Crippen molar-refractivity contribution in [3.63, 3.8) is 0 Å². The molecule has 1 aromatic rings. The van der Waals surface area contributed by atoms with E-state index in [1.807, 2.05) is 0 Å². The van der Waals surface area contributed by atoms with Gasteiger partial charge in [0.1, 0.15) is 0 Å². The van der Waals surface area contributed by atoms with Crippen LogP contribution in [0.2, 0.25) is 0 Å². The van der Waals surface area contributed by atoms with E-state index in [4.69, 9.17) is 0 Å². The van der Waals surface area contributed by atoms with E-state index in [0.717, 1.165) is 12.1 Å². The first-order valence-corrected chi connectivity index (χ1v) is 3.24. The van der Waals surface area contributed by atoms with E-state index in [1.165, 1.54) is 0 Å². The third-order valence-corrected chi connectivity index (χ3v) is 1.28. The summed E-state index contributed by atoms with van der Waals surface area (Å²) in [6, 6.07) is 4.73. The summed E-state index contributed by atoms with van der Waals surface area (Å²) in [4.78, 5) is 0. The Hall–Kier alpha value is -0.960. The standard InChI is InChI=1S/C8H8F2N/c1-11-5-6-2-3-7(9)8(10)4-6/h3-4,11H,5H2,1H3. The van der Waals surface area contributed by atoms with Gasteiger partial charge in [0.25, 0.3) is 0 Å². The Morgan fingerprint density at radius 1 is 1.45 bits per heavy atom. The molecule has 59 valence electrons. The second-order valence-corrected chi connectivity index (χ2v) is 2.18. The van der Waals surface area contributed by atoms with Crippen LogP contribution in [0, 0.1) is 17.7 Å². The highest BCUT2D eigenvalue weighted by Crippen LogP contribution is 2.07. The van der Waals surface area contributed by atoms with Gasteiger partial charge in [-0.05, 0) is 30.8 Å². The molecule has 3 heteroatoms. The van der Waals surface area contributed by atoms with E-state index < -0.39 is 11.6 Å². The zero-order valence-corrected chi connectivity index (χ0v) is 6.12. The van der Waals surface area contributed by atoms with Crippen LogP contribution in [0.1, 0.15) is 5.56 Å². The van der Waals surface area contributed by atoms with Crippen LogP contribution in [0.4, 0.5) is 8.78 Å². The summed E-state index contributed by atoms with van der Waals surface area (Å²) < 4.78 is 24.8. The quantitative estimate of drug-likeness (QED) is 0.684. The van der Waals surface area contributed by atoms with Crippen molar-refractivity contribution >= 4 is 0 Å².